The van der Waals surface area contributed by atoms with Crippen LogP contribution in [0.25, 0.3) is 0 Å². The number of nitrogens with one attached hydrogen (secondary N) is 2. The van der Waals surface area contributed by atoms with Gasteiger partial charge < -0.3 is 29.6 Å². The summed E-state index contributed by atoms with van der Waals surface area (Å²) in [6.07, 6.45) is 0.629. The summed E-state index contributed by atoms with van der Waals surface area (Å²) in [5, 5.41) is 5.58. The lowest BCUT2D eigenvalue weighted by Gasteiger charge is -2.29. The van der Waals surface area contributed by atoms with E-state index in [0.717, 1.165) is 11.1 Å². The van der Waals surface area contributed by atoms with Crippen molar-refractivity contribution in [3.05, 3.63) is 59.7 Å². The average Bonchev–Trinajstić information content (AvgIpc) is 2.86. The summed E-state index contributed by atoms with van der Waals surface area (Å²) in [6.45, 7) is 3.66. The Labute approximate surface area is 209 Å². The monoisotopic (exact) mass is 498 g/mol. The molecule has 192 valence electrons. The van der Waals surface area contributed by atoms with Gasteiger partial charge >= 0.3 is 11.9 Å². The van der Waals surface area contributed by atoms with Gasteiger partial charge in [-0.05, 0) is 49.2 Å². The first-order valence-corrected chi connectivity index (χ1v) is 11.7. The molecular formula is C26H30N2O8. The highest BCUT2D eigenvalue weighted by Crippen LogP contribution is 2.17. The molecule has 10 heteroatoms. The maximum atomic E-state index is 12.6. The molecule has 36 heavy (non-hydrogen) atoms. The highest BCUT2D eigenvalue weighted by molar-refractivity contribution is 5.97. The summed E-state index contributed by atoms with van der Waals surface area (Å²) in [5.74, 6) is -0.428. The number of amides is 2. The van der Waals surface area contributed by atoms with Crippen LogP contribution in [0.15, 0.2) is 48.5 Å². The van der Waals surface area contributed by atoms with E-state index in [1.165, 1.54) is 0 Å². The van der Waals surface area contributed by atoms with Crippen molar-refractivity contribution in [2.45, 2.75) is 38.8 Å². The van der Waals surface area contributed by atoms with E-state index in [0.29, 0.717) is 24.3 Å². The predicted octanol–water partition coefficient (Wildman–Crippen LogP) is 1.34. The van der Waals surface area contributed by atoms with Crippen LogP contribution >= 0.6 is 0 Å². The minimum absolute atomic E-state index is 0.182. The minimum atomic E-state index is -0.696. The van der Waals surface area contributed by atoms with Gasteiger partial charge in [-0.15, -0.1) is 0 Å². The molecular weight excluding hydrogens is 468 g/mol. The third kappa shape index (κ3) is 8.00. The Kier molecular flexibility index (Phi) is 9.67. The summed E-state index contributed by atoms with van der Waals surface area (Å²) >= 11 is 0. The first-order chi connectivity index (χ1) is 17.4. The maximum Gasteiger partial charge on any atom is 0.344 e. The molecule has 2 aromatic rings. The number of piperazine rings is 1. The Morgan fingerprint density at radius 1 is 0.667 bits per heavy atom. The molecule has 0 saturated carbocycles. The minimum Gasteiger partial charge on any atom is -0.482 e. The SMILES string of the molecule is CCOC(=O)COc1ccc(C[C@@H]2NC(=O)[C@H](Cc3ccc(OCC(=O)OCC)cc3)NC2=O)cc1. The number of carbonyl (C=O) groups excluding carboxylic acids is 4. The van der Waals surface area contributed by atoms with Crippen molar-refractivity contribution in [1.82, 2.24) is 10.6 Å². The van der Waals surface area contributed by atoms with Crippen LogP contribution in [0.1, 0.15) is 25.0 Å². The van der Waals surface area contributed by atoms with Crippen LogP contribution in [0.4, 0.5) is 0 Å². The lowest BCUT2D eigenvalue weighted by atomic mass is 9.98. The Morgan fingerprint density at radius 3 is 1.36 bits per heavy atom. The second kappa shape index (κ2) is 13.1. The normalized spacial score (nSPS) is 16.9. The van der Waals surface area contributed by atoms with E-state index in [1.54, 1.807) is 62.4 Å². The molecule has 1 heterocycles. The van der Waals surface area contributed by atoms with Gasteiger partial charge in [-0.25, -0.2) is 9.59 Å². The molecule has 0 unspecified atom stereocenters. The van der Waals surface area contributed by atoms with E-state index in [9.17, 15) is 19.2 Å². The molecule has 1 aliphatic rings. The van der Waals surface area contributed by atoms with Gasteiger partial charge in [0.1, 0.15) is 23.6 Å². The second-order valence-electron chi connectivity index (χ2n) is 8.01. The van der Waals surface area contributed by atoms with Gasteiger partial charge in [-0.3, -0.25) is 9.59 Å². The third-order valence-electron chi connectivity index (χ3n) is 5.32. The van der Waals surface area contributed by atoms with Gasteiger partial charge in [-0.2, -0.15) is 0 Å². The van der Waals surface area contributed by atoms with Crippen LogP contribution in [0.2, 0.25) is 0 Å². The summed E-state index contributed by atoms with van der Waals surface area (Å²) in [7, 11) is 0. The molecule has 2 atom stereocenters. The van der Waals surface area contributed by atoms with Gasteiger partial charge in [0.15, 0.2) is 13.2 Å². The zero-order valence-corrected chi connectivity index (χ0v) is 20.3. The molecule has 0 radical (unpaired) electrons. The van der Waals surface area contributed by atoms with Gasteiger partial charge in [0.2, 0.25) is 11.8 Å². The number of carbonyl (C=O) groups is 4. The highest BCUT2D eigenvalue weighted by Gasteiger charge is 2.33. The standard InChI is InChI=1S/C26H30N2O8/c1-3-33-23(29)15-35-19-9-5-17(6-10-19)13-21-25(31)28-22(26(32)27-21)14-18-7-11-20(12-8-18)36-16-24(30)34-4-2/h5-12,21-22H,3-4,13-16H2,1-2H3,(H,27,32)(H,28,31)/t21-,22-/m0/s1. The van der Waals surface area contributed by atoms with Crippen molar-refractivity contribution in [2.75, 3.05) is 26.4 Å². The van der Waals surface area contributed by atoms with Crippen molar-refractivity contribution in [3.8, 4) is 11.5 Å². The fourth-order valence-electron chi connectivity index (χ4n) is 3.57. The first-order valence-electron chi connectivity index (χ1n) is 11.7. The van der Waals surface area contributed by atoms with Crippen molar-refractivity contribution >= 4 is 23.8 Å². The number of rotatable bonds is 12. The van der Waals surface area contributed by atoms with E-state index < -0.39 is 24.0 Å². The van der Waals surface area contributed by atoms with Crippen LogP contribution in [0, 0.1) is 0 Å². The predicted molar refractivity (Wildman–Crippen MR) is 128 cm³/mol. The number of ether oxygens (including phenoxy) is 4. The molecule has 2 amide bonds. The first kappa shape index (κ1) is 26.5. The quantitative estimate of drug-likeness (QED) is 0.420. The fraction of sp³-hybridized carbons (Fsp3) is 0.385. The molecule has 0 bridgehead atoms. The smallest absolute Gasteiger partial charge is 0.344 e. The van der Waals surface area contributed by atoms with Gasteiger partial charge in [0, 0.05) is 12.8 Å². The summed E-state index contributed by atoms with van der Waals surface area (Å²) < 4.78 is 20.4. The molecule has 0 spiro atoms. The van der Waals surface area contributed by atoms with Crippen LogP contribution in [-0.4, -0.2) is 62.3 Å². The fourth-order valence-corrected chi connectivity index (χ4v) is 3.57. The molecule has 1 fully saturated rings. The summed E-state index contributed by atoms with van der Waals surface area (Å²) in [5.41, 5.74) is 1.66. The lowest BCUT2D eigenvalue weighted by molar-refractivity contribution is -0.146. The number of esters is 2. The summed E-state index contributed by atoms with van der Waals surface area (Å²) in [6, 6.07) is 12.5. The zero-order chi connectivity index (χ0) is 25.9. The Bertz CT molecular complexity index is 967. The molecule has 0 aromatic heterocycles. The van der Waals surface area contributed by atoms with Crippen LogP contribution in [0.3, 0.4) is 0 Å². The Balaban J connectivity index is 1.47. The molecule has 2 aromatic carbocycles. The lowest BCUT2D eigenvalue weighted by Crippen LogP contribution is -2.62. The number of hydrogen-bond acceptors (Lipinski definition) is 8. The zero-order valence-electron chi connectivity index (χ0n) is 20.3. The topological polar surface area (TPSA) is 129 Å². The van der Waals surface area contributed by atoms with Crippen molar-refractivity contribution in [2.24, 2.45) is 0 Å². The Morgan fingerprint density at radius 2 is 1.03 bits per heavy atom. The van der Waals surface area contributed by atoms with E-state index in [2.05, 4.69) is 10.6 Å². The Hall–Kier alpha value is -4.08. The van der Waals surface area contributed by atoms with Crippen LogP contribution in [-0.2, 0) is 41.5 Å². The molecule has 10 nitrogen and oxygen atoms in total. The largest absolute Gasteiger partial charge is 0.482 e. The van der Waals surface area contributed by atoms with E-state index in [-0.39, 0.29) is 38.2 Å². The van der Waals surface area contributed by atoms with E-state index in [4.69, 9.17) is 18.9 Å². The maximum absolute atomic E-state index is 12.6. The van der Waals surface area contributed by atoms with Crippen molar-refractivity contribution < 1.29 is 38.1 Å². The average molecular weight is 499 g/mol. The molecule has 2 N–H and O–H groups in total. The summed E-state index contributed by atoms with van der Waals surface area (Å²) in [4.78, 5) is 48.1. The molecule has 3 rings (SSSR count). The number of hydrogen-bond donors (Lipinski definition) is 2. The van der Waals surface area contributed by atoms with E-state index in [1.807, 2.05) is 0 Å². The van der Waals surface area contributed by atoms with Gasteiger partial charge in [-0.1, -0.05) is 24.3 Å². The van der Waals surface area contributed by atoms with Gasteiger partial charge in [0.05, 0.1) is 13.2 Å². The van der Waals surface area contributed by atoms with Crippen molar-refractivity contribution in [3.63, 3.8) is 0 Å². The van der Waals surface area contributed by atoms with Crippen molar-refractivity contribution in [1.29, 1.82) is 0 Å². The molecule has 0 aliphatic carbocycles. The molecule has 1 aliphatic heterocycles. The van der Waals surface area contributed by atoms with Gasteiger partial charge in [0.25, 0.3) is 0 Å². The van der Waals surface area contributed by atoms with Crippen LogP contribution in [0.5, 0.6) is 11.5 Å². The third-order valence-corrected chi connectivity index (χ3v) is 5.32. The van der Waals surface area contributed by atoms with Crippen LogP contribution < -0.4 is 20.1 Å². The number of benzene rings is 2. The highest BCUT2D eigenvalue weighted by atomic mass is 16.6. The van der Waals surface area contributed by atoms with E-state index >= 15 is 0 Å². The molecule has 1 saturated heterocycles. The second-order valence-corrected chi connectivity index (χ2v) is 8.01.